The first kappa shape index (κ1) is 18.1. The third-order valence-electron chi connectivity index (χ3n) is 5.30. The largest absolute Gasteiger partial charge is 0.343 e. The van der Waals surface area contributed by atoms with Gasteiger partial charge >= 0.3 is 0 Å². The summed E-state index contributed by atoms with van der Waals surface area (Å²) in [6, 6.07) is 0.191. The van der Waals surface area contributed by atoms with Crippen LogP contribution in [0.3, 0.4) is 0 Å². The number of H-pyrrole nitrogens is 1. The van der Waals surface area contributed by atoms with Crippen molar-refractivity contribution in [2.75, 3.05) is 13.1 Å². The van der Waals surface area contributed by atoms with Crippen LogP contribution in [0, 0.1) is 19.8 Å². The molecule has 136 valence electrons. The van der Waals surface area contributed by atoms with Gasteiger partial charge in [-0.1, -0.05) is 0 Å². The smallest absolute Gasteiger partial charge is 0.259 e. The number of carbonyl (C=O) groups is 1. The molecule has 1 atom stereocenters. The molecule has 3 rings (SSSR count). The number of amides is 1. The van der Waals surface area contributed by atoms with Crippen molar-refractivity contribution >= 4 is 27.5 Å². The van der Waals surface area contributed by atoms with Crippen LogP contribution in [0.1, 0.15) is 42.5 Å². The van der Waals surface area contributed by atoms with Gasteiger partial charge in [0, 0.05) is 36.9 Å². The Kier molecular flexibility index (Phi) is 5.24. The van der Waals surface area contributed by atoms with Crippen LogP contribution >= 0.6 is 11.3 Å². The lowest BCUT2D eigenvalue weighted by Gasteiger charge is -2.33. The van der Waals surface area contributed by atoms with E-state index in [1.165, 1.54) is 11.3 Å². The van der Waals surface area contributed by atoms with Crippen LogP contribution in [0.4, 0.5) is 0 Å². The Morgan fingerprint density at radius 3 is 2.72 bits per heavy atom. The number of likely N-dealkylation sites (tertiary alicyclic amines) is 1. The number of hydrogen-bond acceptors (Lipinski definition) is 5. The fourth-order valence-corrected chi connectivity index (χ4v) is 4.52. The number of aromatic amines is 1. The van der Waals surface area contributed by atoms with Gasteiger partial charge in [-0.25, -0.2) is 4.98 Å². The first-order chi connectivity index (χ1) is 11.9. The highest BCUT2D eigenvalue weighted by Crippen LogP contribution is 2.26. The van der Waals surface area contributed by atoms with E-state index in [0.717, 1.165) is 41.2 Å². The lowest BCUT2D eigenvalue weighted by Crippen LogP contribution is -2.42. The highest BCUT2D eigenvalue weighted by atomic mass is 32.1. The van der Waals surface area contributed by atoms with Crippen molar-refractivity contribution in [2.45, 2.75) is 52.5 Å². The number of carbonyl (C=O) groups excluding carboxylic acids is 1. The van der Waals surface area contributed by atoms with E-state index >= 15 is 0 Å². The lowest BCUT2D eigenvalue weighted by molar-refractivity contribution is -0.132. The van der Waals surface area contributed by atoms with Crippen LogP contribution in [0.2, 0.25) is 0 Å². The normalized spacial score (nSPS) is 17.2. The number of hydrogen-bond donors (Lipinski definition) is 2. The average molecular weight is 362 g/mol. The molecule has 1 unspecified atom stereocenters. The third kappa shape index (κ3) is 3.77. The number of rotatable bonds is 4. The zero-order valence-electron chi connectivity index (χ0n) is 15.1. The summed E-state index contributed by atoms with van der Waals surface area (Å²) in [6.45, 7) is 7.53. The number of nitrogens with one attached hydrogen (secondary N) is 1. The van der Waals surface area contributed by atoms with E-state index in [9.17, 15) is 9.59 Å². The van der Waals surface area contributed by atoms with E-state index in [0.29, 0.717) is 30.0 Å². The van der Waals surface area contributed by atoms with Gasteiger partial charge in [0.2, 0.25) is 5.91 Å². The standard InChI is InChI=1S/C18H26N4O2S/c1-10-12(3)25-18-16(10)17(24)20-14(21-18)4-5-15(23)22-8-6-13(7-9-22)11(2)19/h11,13H,4-9,19H2,1-3H3,(H,20,21,24). The van der Waals surface area contributed by atoms with Gasteiger partial charge in [-0.15, -0.1) is 11.3 Å². The van der Waals surface area contributed by atoms with Crippen LogP contribution in [0.15, 0.2) is 4.79 Å². The molecule has 3 heterocycles. The van der Waals surface area contributed by atoms with Gasteiger partial charge in [-0.3, -0.25) is 9.59 Å². The summed E-state index contributed by atoms with van der Waals surface area (Å²) >= 11 is 1.53. The monoisotopic (exact) mass is 362 g/mol. The molecule has 1 aliphatic heterocycles. The number of aryl methyl sites for hydroxylation is 3. The second-order valence-electron chi connectivity index (χ2n) is 7.05. The van der Waals surface area contributed by atoms with Gasteiger partial charge in [0.1, 0.15) is 10.7 Å². The van der Waals surface area contributed by atoms with Crippen molar-refractivity contribution in [1.29, 1.82) is 0 Å². The maximum absolute atomic E-state index is 12.4. The Morgan fingerprint density at radius 1 is 1.40 bits per heavy atom. The highest BCUT2D eigenvalue weighted by molar-refractivity contribution is 7.18. The molecule has 3 N–H and O–H groups in total. The molecule has 0 aliphatic carbocycles. The summed E-state index contributed by atoms with van der Waals surface area (Å²) in [6.07, 6.45) is 2.78. The van der Waals surface area contributed by atoms with Gasteiger partial charge in [0.05, 0.1) is 5.39 Å². The van der Waals surface area contributed by atoms with E-state index in [4.69, 9.17) is 5.73 Å². The van der Waals surface area contributed by atoms with Crippen LogP contribution < -0.4 is 11.3 Å². The van der Waals surface area contributed by atoms with Crippen molar-refractivity contribution in [2.24, 2.45) is 11.7 Å². The van der Waals surface area contributed by atoms with Gasteiger partial charge in [0.15, 0.2) is 0 Å². The van der Waals surface area contributed by atoms with E-state index in [2.05, 4.69) is 9.97 Å². The molecule has 7 heteroatoms. The van der Waals surface area contributed by atoms with Crippen LogP contribution in [0.5, 0.6) is 0 Å². The molecule has 0 spiro atoms. The summed E-state index contributed by atoms with van der Waals surface area (Å²) in [7, 11) is 0. The maximum atomic E-state index is 12.4. The molecule has 6 nitrogen and oxygen atoms in total. The van der Waals surface area contributed by atoms with Crippen LogP contribution in [-0.4, -0.2) is 39.9 Å². The summed E-state index contributed by atoms with van der Waals surface area (Å²) in [5.41, 5.74) is 6.84. The summed E-state index contributed by atoms with van der Waals surface area (Å²) in [5.74, 6) is 1.23. The minimum absolute atomic E-state index is 0.105. The molecular weight excluding hydrogens is 336 g/mol. The molecule has 25 heavy (non-hydrogen) atoms. The fraction of sp³-hybridized carbons (Fsp3) is 0.611. The molecule has 1 aliphatic rings. The predicted molar refractivity (Wildman–Crippen MR) is 101 cm³/mol. The Hall–Kier alpha value is -1.73. The molecule has 1 fully saturated rings. The van der Waals surface area contributed by atoms with Gasteiger partial charge < -0.3 is 15.6 Å². The zero-order chi connectivity index (χ0) is 18.1. The number of piperidine rings is 1. The molecule has 0 saturated carbocycles. The van der Waals surface area contributed by atoms with Crippen molar-refractivity contribution < 1.29 is 4.79 Å². The second-order valence-corrected chi connectivity index (χ2v) is 8.26. The van der Waals surface area contributed by atoms with Gasteiger partial charge in [-0.05, 0) is 45.1 Å². The number of aromatic nitrogens is 2. The molecule has 1 amide bonds. The molecule has 1 saturated heterocycles. The minimum Gasteiger partial charge on any atom is -0.343 e. The summed E-state index contributed by atoms with van der Waals surface area (Å²) in [4.78, 5) is 35.9. The Morgan fingerprint density at radius 2 is 2.08 bits per heavy atom. The predicted octanol–water partition coefficient (Wildman–Crippen LogP) is 2.12. The number of nitrogens with zero attached hydrogens (tertiary/aromatic N) is 2. The lowest BCUT2D eigenvalue weighted by atomic mass is 9.91. The van der Waals surface area contributed by atoms with Crippen LogP contribution in [-0.2, 0) is 11.2 Å². The molecule has 0 aromatic carbocycles. The highest BCUT2D eigenvalue weighted by Gasteiger charge is 2.24. The third-order valence-corrected chi connectivity index (χ3v) is 6.40. The molecule has 2 aromatic heterocycles. The van der Waals surface area contributed by atoms with Gasteiger partial charge in [-0.2, -0.15) is 0 Å². The van der Waals surface area contributed by atoms with E-state index in [1.54, 1.807) is 0 Å². The van der Waals surface area contributed by atoms with Crippen LogP contribution in [0.25, 0.3) is 10.2 Å². The molecule has 0 radical (unpaired) electrons. The number of nitrogens with two attached hydrogens (primary N) is 1. The van der Waals surface area contributed by atoms with Crippen molar-refractivity contribution in [1.82, 2.24) is 14.9 Å². The Bertz CT molecular complexity index is 831. The van der Waals surface area contributed by atoms with E-state index < -0.39 is 0 Å². The van der Waals surface area contributed by atoms with E-state index in [-0.39, 0.29) is 17.5 Å². The quantitative estimate of drug-likeness (QED) is 0.871. The maximum Gasteiger partial charge on any atom is 0.259 e. The molecule has 0 bridgehead atoms. The second kappa shape index (κ2) is 7.25. The first-order valence-corrected chi connectivity index (χ1v) is 9.70. The first-order valence-electron chi connectivity index (χ1n) is 8.89. The average Bonchev–Trinajstić information content (AvgIpc) is 2.87. The van der Waals surface area contributed by atoms with Crippen molar-refractivity contribution in [3.8, 4) is 0 Å². The topological polar surface area (TPSA) is 92.1 Å². The fourth-order valence-electron chi connectivity index (χ4n) is 3.48. The summed E-state index contributed by atoms with van der Waals surface area (Å²) < 4.78 is 0. The SMILES string of the molecule is Cc1sc2nc(CCC(=O)N3CCC(C(C)N)CC3)[nH]c(=O)c2c1C. The van der Waals surface area contributed by atoms with Gasteiger partial charge in [0.25, 0.3) is 5.56 Å². The molecule has 2 aromatic rings. The molecular formula is C18H26N4O2S. The Labute approximate surface area is 151 Å². The zero-order valence-corrected chi connectivity index (χ0v) is 15.9. The number of thiophene rings is 1. The van der Waals surface area contributed by atoms with Crippen molar-refractivity contribution in [3.05, 3.63) is 26.6 Å². The number of fused-ring (bicyclic) bond motifs is 1. The Balaban J connectivity index is 1.63. The van der Waals surface area contributed by atoms with Crippen molar-refractivity contribution in [3.63, 3.8) is 0 Å². The minimum atomic E-state index is -0.105. The van der Waals surface area contributed by atoms with E-state index in [1.807, 2.05) is 25.7 Å². The summed E-state index contributed by atoms with van der Waals surface area (Å²) in [5, 5.41) is 0.676.